The Morgan fingerprint density at radius 2 is 2.00 bits per heavy atom. The molecule has 0 unspecified atom stereocenters. The molecule has 31 heavy (non-hydrogen) atoms. The van der Waals surface area contributed by atoms with Crippen molar-refractivity contribution in [2.24, 2.45) is 0 Å². The minimum absolute atomic E-state index is 0.110. The minimum Gasteiger partial charge on any atom is -0.444 e. The summed E-state index contributed by atoms with van der Waals surface area (Å²) < 4.78 is 5.47. The fraction of sp³-hybridized carbons (Fsp3) is 0.381. The monoisotopic (exact) mass is 429 g/mol. The summed E-state index contributed by atoms with van der Waals surface area (Å²) in [6.45, 7) is 6.39. The molecule has 1 aromatic carbocycles. The molecule has 2 rings (SSSR count). The van der Waals surface area contributed by atoms with Crippen molar-refractivity contribution in [1.82, 2.24) is 15.2 Å². The first-order chi connectivity index (χ1) is 14.6. The molecule has 0 bridgehead atoms. The van der Waals surface area contributed by atoms with Crippen molar-refractivity contribution in [3.63, 3.8) is 0 Å². The van der Waals surface area contributed by atoms with E-state index in [0.717, 1.165) is 5.56 Å². The second-order valence-electron chi connectivity index (χ2n) is 7.81. The fourth-order valence-corrected chi connectivity index (χ4v) is 2.62. The van der Waals surface area contributed by atoms with Gasteiger partial charge < -0.3 is 20.3 Å². The number of urea groups is 1. The van der Waals surface area contributed by atoms with Crippen molar-refractivity contribution in [1.29, 1.82) is 0 Å². The van der Waals surface area contributed by atoms with E-state index >= 15 is 0 Å². The van der Waals surface area contributed by atoms with Crippen LogP contribution in [0.2, 0.25) is 0 Å². The molecule has 0 saturated carbocycles. The van der Waals surface area contributed by atoms with E-state index in [0.29, 0.717) is 31.7 Å². The first-order valence-corrected chi connectivity index (χ1v) is 9.80. The van der Waals surface area contributed by atoms with Gasteiger partial charge in [-0.05, 0) is 44.9 Å². The number of hydrogen-bond donors (Lipinski definition) is 2. The van der Waals surface area contributed by atoms with E-state index < -0.39 is 22.6 Å². The molecule has 2 N–H and O–H groups in total. The van der Waals surface area contributed by atoms with Crippen LogP contribution in [-0.2, 0) is 11.3 Å². The zero-order valence-corrected chi connectivity index (χ0v) is 17.8. The average molecular weight is 429 g/mol. The molecule has 1 aromatic heterocycles. The van der Waals surface area contributed by atoms with E-state index in [1.807, 2.05) is 6.07 Å². The predicted octanol–water partition coefficient (Wildman–Crippen LogP) is 3.94. The molecule has 0 saturated heterocycles. The third-order valence-electron chi connectivity index (χ3n) is 3.95. The topological polar surface area (TPSA) is 127 Å². The molecule has 0 spiro atoms. The van der Waals surface area contributed by atoms with Gasteiger partial charge in [-0.1, -0.05) is 12.1 Å². The number of nitrogens with one attached hydrogen (secondary N) is 2. The van der Waals surface area contributed by atoms with Crippen molar-refractivity contribution in [3.05, 3.63) is 64.5 Å². The first kappa shape index (κ1) is 23.6. The summed E-state index contributed by atoms with van der Waals surface area (Å²) in [6.07, 6.45) is 3.38. The van der Waals surface area contributed by atoms with E-state index in [1.54, 1.807) is 50.2 Å². The number of nitro groups is 1. The number of benzene rings is 1. The lowest BCUT2D eigenvalue weighted by Crippen LogP contribution is -2.38. The summed E-state index contributed by atoms with van der Waals surface area (Å²) in [5.74, 6) is 0. The summed E-state index contributed by atoms with van der Waals surface area (Å²) in [4.78, 5) is 40.5. The highest BCUT2D eigenvalue weighted by Gasteiger charge is 2.22. The number of aromatic nitrogens is 1. The number of anilines is 1. The quantitative estimate of drug-likeness (QED) is 0.372. The van der Waals surface area contributed by atoms with Crippen LogP contribution in [0.25, 0.3) is 0 Å². The number of hydrogen-bond acceptors (Lipinski definition) is 6. The number of rotatable bonds is 8. The van der Waals surface area contributed by atoms with Gasteiger partial charge in [0.15, 0.2) is 0 Å². The second kappa shape index (κ2) is 10.9. The molecule has 0 fully saturated rings. The van der Waals surface area contributed by atoms with Gasteiger partial charge in [0, 0.05) is 43.3 Å². The number of nitrogens with zero attached hydrogens (tertiary/aromatic N) is 3. The highest BCUT2D eigenvalue weighted by atomic mass is 16.6. The van der Waals surface area contributed by atoms with Gasteiger partial charge in [0.25, 0.3) is 5.69 Å². The maximum absolute atomic E-state index is 12.5. The number of pyridine rings is 1. The van der Waals surface area contributed by atoms with E-state index in [9.17, 15) is 19.7 Å². The van der Waals surface area contributed by atoms with E-state index in [2.05, 4.69) is 15.6 Å². The van der Waals surface area contributed by atoms with Crippen LogP contribution < -0.4 is 10.6 Å². The van der Waals surface area contributed by atoms with Gasteiger partial charge in [0.1, 0.15) is 5.60 Å². The zero-order valence-electron chi connectivity index (χ0n) is 17.8. The minimum atomic E-state index is -0.624. The van der Waals surface area contributed by atoms with Crippen LogP contribution in [0, 0.1) is 10.1 Å². The second-order valence-corrected chi connectivity index (χ2v) is 7.81. The SMILES string of the molecule is CC(C)(C)OC(=O)N(CCCNC(=O)Nc1cccc([N+](=O)[O-])c1)Cc1cccnc1. The molecular formula is C21H27N5O5. The van der Waals surface area contributed by atoms with Crippen LogP contribution in [-0.4, -0.2) is 45.6 Å². The molecule has 0 aliphatic heterocycles. The number of amides is 3. The summed E-state index contributed by atoms with van der Waals surface area (Å²) in [7, 11) is 0. The van der Waals surface area contributed by atoms with Crippen molar-refractivity contribution in [3.8, 4) is 0 Å². The summed E-state index contributed by atoms with van der Waals surface area (Å²) in [5, 5.41) is 16.0. The Balaban J connectivity index is 1.86. The molecule has 166 valence electrons. The summed E-state index contributed by atoms with van der Waals surface area (Å²) >= 11 is 0. The van der Waals surface area contributed by atoms with Crippen LogP contribution in [0.15, 0.2) is 48.8 Å². The molecule has 0 aliphatic carbocycles. The lowest BCUT2D eigenvalue weighted by atomic mass is 10.2. The molecule has 1 heterocycles. The third kappa shape index (κ3) is 8.69. The summed E-state index contributed by atoms with van der Waals surface area (Å²) in [6, 6.07) is 8.85. The van der Waals surface area contributed by atoms with Crippen LogP contribution in [0.4, 0.5) is 21.0 Å². The van der Waals surface area contributed by atoms with Crippen LogP contribution in [0.5, 0.6) is 0 Å². The summed E-state index contributed by atoms with van der Waals surface area (Å²) in [5.41, 5.74) is 0.449. The third-order valence-corrected chi connectivity index (χ3v) is 3.95. The van der Waals surface area contributed by atoms with Gasteiger partial charge in [-0.25, -0.2) is 9.59 Å². The Bertz CT molecular complexity index is 899. The number of non-ortho nitro benzene ring substituents is 1. The molecule has 0 atom stereocenters. The van der Waals surface area contributed by atoms with Gasteiger partial charge in [-0.2, -0.15) is 0 Å². The average Bonchev–Trinajstić information content (AvgIpc) is 2.70. The van der Waals surface area contributed by atoms with Gasteiger partial charge in [0.2, 0.25) is 0 Å². The maximum Gasteiger partial charge on any atom is 0.410 e. The normalized spacial score (nSPS) is 10.8. The molecule has 3 amide bonds. The number of carbonyl (C=O) groups is 2. The van der Waals surface area contributed by atoms with Crippen molar-refractivity contribution >= 4 is 23.5 Å². The smallest absolute Gasteiger partial charge is 0.410 e. The Morgan fingerprint density at radius 3 is 2.65 bits per heavy atom. The zero-order chi connectivity index (χ0) is 22.9. The predicted molar refractivity (Wildman–Crippen MR) is 116 cm³/mol. The standard InChI is InChI=1S/C21H27N5O5/c1-21(2,3)31-20(28)25(15-16-7-5-10-22-14-16)12-6-11-23-19(27)24-17-8-4-9-18(13-17)26(29)30/h4-5,7-10,13-14H,6,11-12,15H2,1-3H3,(H2,23,24,27). The Labute approximate surface area is 180 Å². The van der Waals surface area contributed by atoms with Crippen LogP contribution in [0.1, 0.15) is 32.8 Å². The van der Waals surface area contributed by atoms with Gasteiger partial charge in [-0.3, -0.25) is 15.1 Å². The Morgan fingerprint density at radius 1 is 1.23 bits per heavy atom. The Hall–Kier alpha value is -3.69. The molecule has 2 aromatic rings. The van der Waals surface area contributed by atoms with E-state index in [-0.39, 0.29) is 5.69 Å². The first-order valence-electron chi connectivity index (χ1n) is 9.80. The number of carbonyl (C=O) groups excluding carboxylic acids is 2. The molecule has 10 nitrogen and oxygen atoms in total. The maximum atomic E-state index is 12.5. The Kier molecular flexibility index (Phi) is 8.30. The molecular weight excluding hydrogens is 402 g/mol. The van der Waals surface area contributed by atoms with Crippen LogP contribution in [0.3, 0.4) is 0 Å². The lowest BCUT2D eigenvalue weighted by Gasteiger charge is -2.27. The van der Waals surface area contributed by atoms with Crippen molar-refractivity contribution < 1.29 is 19.2 Å². The number of ether oxygens (including phenoxy) is 1. The lowest BCUT2D eigenvalue weighted by molar-refractivity contribution is -0.384. The van der Waals surface area contributed by atoms with E-state index in [1.165, 1.54) is 18.2 Å². The highest BCUT2D eigenvalue weighted by Crippen LogP contribution is 2.17. The van der Waals surface area contributed by atoms with Gasteiger partial charge >= 0.3 is 12.1 Å². The van der Waals surface area contributed by atoms with Crippen LogP contribution >= 0.6 is 0 Å². The van der Waals surface area contributed by atoms with Crippen molar-refractivity contribution in [2.45, 2.75) is 39.3 Å². The van der Waals surface area contributed by atoms with Gasteiger partial charge in [0.05, 0.1) is 11.5 Å². The van der Waals surface area contributed by atoms with Crippen molar-refractivity contribution in [2.75, 3.05) is 18.4 Å². The fourth-order valence-electron chi connectivity index (χ4n) is 2.62. The molecule has 0 aliphatic rings. The van der Waals surface area contributed by atoms with E-state index in [4.69, 9.17) is 4.74 Å². The molecule has 0 radical (unpaired) electrons. The number of nitro benzene ring substituents is 1. The molecule has 10 heteroatoms. The highest BCUT2D eigenvalue weighted by molar-refractivity contribution is 5.89. The largest absolute Gasteiger partial charge is 0.444 e. The van der Waals surface area contributed by atoms with Gasteiger partial charge in [-0.15, -0.1) is 0 Å².